The molecule has 0 radical (unpaired) electrons. The maximum atomic E-state index is 8.72. The molecule has 0 aromatic heterocycles. The Hall–Kier alpha value is -2.07. The Morgan fingerprint density at radius 3 is 1.26 bits per heavy atom. The van der Waals surface area contributed by atoms with E-state index in [0.29, 0.717) is 17.8 Å². The van der Waals surface area contributed by atoms with E-state index < -0.39 is 0 Å². The normalized spacial score (nSPS) is 10.4. The molecule has 0 fully saturated rings. The van der Waals surface area contributed by atoms with E-state index in [1.165, 1.54) is 11.1 Å². The highest BCUT2D eigenvalue weighted by Gasteiger charge is 2.07. The van der Waals surface area contributed by atoms with Gasteiger partial charge in [-0.3, -0.25) is 0 Å². The van der Waals surface area contributed by atoms with Gasteiger partial charge in [0.15, 0.2) is 0 Å². The predicted molar refractivity (Wildman–Crippen MR) is 99.9 cm³/mol. The van der Waals surface area contributed by atoms with E-state index in [1.54, 1.807) is 0 Å². The fourth-order valence-corrected chi connectivity index (χ4v) is 2.66. The predicted octanol–water partition coefficient (Wildman–Crippen LogP) is 6.62. The van der Waals surface area contributed by atoms with Crippen molar-refractivity contribution in [2.24, 2.45) is 0 Å². The molecule has 1 nitrogen and oxygen atoms in total. The lowest BCUT2D eigenvalue weighted by Gasteiger charge is -2.14. The zero-order valence-electron chi connectivity index (χ0n) is 15.3. The largest absolute Gasteiger partial charge is 0.192 e. The molecule has 0 unspecified atom stereocenters. The minimum Gasteiger partial charge on any atom is -0.192 e. The molecule has 23 heavy (non-hydrogen) atoms. The van der Waals surface area contributed by atoms with Gasteiger partial charge in [-0.05, 0) is 40.5 Å². The van der Waals surface area contributed by atoms with Gasteiger partial charge in [0.05, 0.1) is 11.6 Å². The third-order valence-corrected chi connectivity index (χ3v) is 3.94. The van der Waals surface area contributed by atoms with E-state index in [-0.39, 0.29) is 0 Å². The second-order valence-corrected chi connectivity index (χ2v) is 6.79. The van der Waals surface area contributed by atoms with Crippen LogP contribution in [0.15, 0.2) is 48.5 Å². The average molecular weight is 307 g/mol. The third kappa shape index (κ3) is 5.57. The lowest BCUT2D eigenvalue weighted by atomic mass is 9.91. The first kappa shape index (κ1) is 19.0. The number of hydrogen-bond acceptors (Lipinski definition) is 1. The van der Waals surface area contributed by atoms with Gasteiger partial charge in [0.2, 0.25) is 0 Å². The van der Waals surface area contributed by atoms with Gasteiger partial charge >= 0.3 is 0 Å². The molecule has 0 amide bonds. The molecular weight excluding hydrogens is 278 g/mol. The SMILES string of the molecule is CC(C)c1ccccc1C#N.CC(C)c1ccccc1C(C)C. The highest BCUT2D eigenvalue weighted by molar-refractivity contribution is 5.39. The molecule has 0 aliphatic heterocycles. The zero-order valence-corrected chi connectivity index (χ0v) is 15.3. The second-order valence-electron chi connectivity index (χ2n) is 6.79. The first-order valence-corrected chi connectivity index (χ1v) is 8.46. The van der Waals surface area contributed by atoms with Crippen LogP contribution < -0.4 is 0 Å². The van der Waals surface area contributed by atoms with Gasteiger partial charge in [-0.15, -0.1) is 0 Å². The molecule has 0 atom stereocenters. The first-order valence-electron chi connectivity index (χ1n) is 8.46. The number of rotatable bonds is 3. The van der Waals surface area contributed by atoms with E-state index in [0.717, 1.165) is 11.1 Å². The maximum absolute atomic E-state index is 8.72. The average Bonchev–Trinajstić information content (AvgIpc) is 2.55. The monoisotopic (exact) mass is 307 g/mol. The summed E-state index contributed by atoms with van der Waals surface area (Å²) in [7, 11) is 0. The van der Waals surface area contributed by atoms with Crippen LogP contribution in [0.3, 0.4) is 0 Å². The molecule has 0 saturated heterocycles. The van der Waals surface area contributed by atoms with Gasteiger partial charge in [-0.2, -0.15) is 5.26 Å². The lowest BCUT2D eigenvalue weighted by molar-refractivity contribution is 0.790. The van der Waals surface area contributed by atoms with Crippen LogP contribution in [0.25, 0.3) is 0 Å². The van der Waals surface area contributed by atoms with Crippen molar-refractivity contribution in [3.63, 3.8) is 0 Å². The Bertz CT molecular complexity index is 618. The summed E-state index contributed by atoms with van der Waals surface area (Å²) in [5, 5.41) is 8.72. The number of hydrogen-bond donors (Lipinski definition) is 0. The fourth-order valence-electron chi connectivity index (χ4n) is 2.66. The van der Waals surface area contributed by atoms with Crippen molar-refractivity contribution in [1.29, 1.82) is 5.26 Å². The molecule has 122 valence electrons. The molecule has 0 saturated carbocycles. The molecular formula is C22H29N. The molecule has 0 aliphatic rings. The van der Waals surface area contributed by atoms with Crippen LogP contribution in [0.2, 0.25) is 0 Å². The van der Waals surface area contributed by atoms with Gasteiger partial charge in [-0.25, -0.2) is 0 Å². The van der Waals surface area contributed by atoms with Gasteiger partial charge in [-0.1, -0.05) is 84.0 Å². The van der Waals surface area contributed by atoms with Crippen LogP contribution in [0.5, 0.6) is 0 Å². The number of benzene rings is 2. The van der Waals surface area contributed by atoms with Crippen LogP contribution in [-0.2, 0) is 0 Å². The summed E-state index contributed by atoms with van der Waals surface area (Å²) in [6.07, 6.45) is 0. The van der Waals surface area contributed by atoms with Crippen molar-refractivity contribution in [3.05, 3.63) is 70.8 Å². The molecule has 0 aliphatic carbocycles. The molecule has 0 heterocycles. The Balaban J connectivity index is 0.000000231. The minimum absolute atomic E-state index is 0.436. The zero-order chi connectivity index (χ0) is 17.4. The van der Waals surface area contributed by atoms with Crippen molar-refractivity contribution < 1.29 is 0 Å². The van der Waals surface area contributed by atoms with Gasteiger partial charge in [0, 0.05) is 0 Å². The van der Waals surface area contributed by atoms with Crippen LogP contribution in [0, 0.1) is 11.3 Å². The topological polar surface area (TPSA) is 23.8 Å². The van der Waals surface area contributed by atoms with Crippen LogP contribution >= 0.6 is 0 Å². The molecule has 0 N–H and O–H groups in total. The van der Waals surface area contributed by atoms with E-state index in [9.17, 15) is 0 Å². The minimum atomic E-state index is 0.436. The summed E-state index contributed by atoms with van der Waals surface area (Å²) in [4.78, 5) is 0. The Labute approximate surface area is 142 Å². The van der Waals surface area contributed by atoms with Crippen LogP contribution in [0.1, 0.15) is 81.5 Å². The Morgan fingerprint density at radius 1 is 0.609 bits per heavy atom. The van der Waals surface area contributed by atoms with Crippen molar-refractivity contribution in [1.82, 2.24) is 0 Å². The highest BCUT2D eigenvalue weighted by Crippen LogP contribution is 2.25. The van der Waals surface area contributed by atoms with Crippen molar-refractivity contribution >= 4 is 0 Å². The second kappa shape index (κ2) is 9.16. The molecule has 2 aromatic carbocycles. The lowest BCUT2D eigenvalue weighted by Crippen LogP contribution is -1.97. The molecule has 0 spiro atoms. The highest BCUT2D eigenvalue weighted by atomic mass is 14.2. The first-order chi connectivity index (χ1) is 10.9. The van der Waals surface area contributed by atoms with Crippen molar-refractivity contribution in [2.75, 3.05) is 0 Å². The van der Waals surface area contributed by atoms with Crippen LogP contribution in [0.4, 0.5) is 0 Å². The van der Waals surface area contributed by atoms with Gasteiger partial charge in [0.1, 0.15) is 0 Å². The van der Waals surface area contributed by atoms with Crippen LogP contribution in [-0.4, -0.2) is 0 Å². The molecule has 1 heteroatoms. The molecule has 0 bridgehead atoms. The quantitative estimate of drug-likeness (QED) is 0.625. The van der Waals surface area contributed by atoms with E-state index in [1.807, 2.05) is 24.3 Å². The smallest absolute Gasteiger partial charge is 0.0994 e. The van der Waals surface area contributed by atoms with Crippen molar-refractivity contribution in [2.45, 2.75) is 59.3 Å². The Morgan fingerprint density at radius 2 is 0.957 bits per heavy atom. The number of nitrogens with zero attached hydrogens (tertiary/aromatic N) is 1. The van der Waals surface area contributed by atoms with E-state index in [2.05, 4.69) is 71.9 Å². The van der Waals surface area contributed by atoms with Gasteiger partial charge < -0.3 is 0 Å². The van der Waals surface area contributed by atoms with Crippen molar-refractivity contribution in [3.8, 4) is 6.07 Å². The summed E-state index contributed by atoms with van der Waals surface area (Å²) in [5.41, 5.74) is 4.91. The van der Waals surface area contributed by atoms with Gasteiger partial charge in [0.25, 0.3) is 0 Å². The summed E-state index contributed by atoms with van der Waals surface area (Å²) >= 11 is 0. The summed E-state index contributed by atoms with van der Waals surface area (Å²) in [5.74, 6) is 1.72. The molecule has 2 aromatic rings. The summed E-state index contributed by atoms with van der Waals surface area (Å²) < 4.78 is 0. The van der Waals surface area contributed by atoms with E-state index >= 15 is 0 Å². The third-order valence-electron chi connectivity index (χ3n) is 3.94. The van der Waals surface area contributed by atoms with E-state index in [4.69, 9.17) is 5.26 Å². The molecule has 2 rings (SSSR count). The Kier molecular flexibility index (Phi) is 7.55. The number of nitriles is 1. The summed E-state index contributed by atoms with van der Waals surface area (Å²) in [6, 6.07) is 18.6. The summed E-state index contributed by atoms with van der Waals surface area (Å²) in [6.45, 7) is 13.2. The maximum Gasteiger partial charge on any atom is 0.0994 e. The fraction of sp³-hybridized carbons (Fsp3) is 0.409. The standard InChI is InChI=1S/C12H18.C10H11N/c1-9(2)11-7-5-6-8-12(11)10(3)4;1-8(2)10-6-4-3-5-9(10)7-11/h5-10H,1-4H3;3-6,8H,1-2H3.